The molecule has 0 aromatic heterocycles. The molecule has 0 saturated carbocycles. The van der Waals surface area contributed by atoms with E-state index in [9.17, 15) is 0 Å². The van der Waals surface area contributed by atoms with Crippen LogP contribution in [0.25, 0.3) is 0 Å². The molecule has 3 nitrogen and oxygen atoms in total. The molecule has 2 atom stereocenters. The number of rotatable bonds is 7. The van der Waals surface area contributed by atoms with Crippen LogP contribution in [0.2, 0.25) is 0 Å². The van der Waals surface area contributed by atoms with Gasteiger partial charge in [0.1, 0.15) is 0 Å². The van der Waals surface area contributed by atoms with E-state index < -0.39 is 0 Å². The van der Waals surface area contributed by atoms with E-state index in [0.717, 1.165) is 19.2 Å². The Kier molecular flexibility index (Phi) is 7.82. The number of hydrogen-bond donors (Lipinski definition) is 1. The lowest BCUT2D eigenvalue weighted by Gasteiger charge is -2.20. The van der Waals surface area contributed by atoms with Crippen molar-refractivity contribution in [2.75, 3.05) is 39.9 Å². The van der Waals surface area contributed by atoms with Gasteiger partial charge in [0.25, 0.3) is 0 Å². The second-order valence-corrected chi connectivity index (χ2v) is 5.44. The summed E-state index contributed by atoms with van der Waals surface area (Å²) >= 11 is 0. The third kappa shape index (κ3) is 6.39. The molecule has 1 saturated heterocycles. The molecule has 0 bridgehead atoms. The summed E-state index contributed by atoms with van der Waals surface area (Å²) in [4.78, 5) is 2.61. The van der Waals surface area contributed by atoms with Crippen molar-refractivity contribution in [3.63, 3.8) is 0 Å². The molecule has 0 amide bonds. The lowest BCUT2D eigenvalue weighted by Crippen LogP contribution is -2.35. The van der Waals surface area contributed by atoms with Crippen molar-refractivity contribution in [2.45, 2.75) is 45.6 Å². The summed E-state index contributed by atoms with van der Waals surface area (Å²) in [5.41, 5.74) is 0. The van der Waals surface area contributed by atoms with Gasteiger partial charge in [-0.15, -0.1) is 0 Å². The maximum atomic E-state index is 5.17. The van der Waals surface area contributed by atoms with E-state index in [2.05, 4.69) is 24.1 Å². The number of likely N-dealkylation sites (tertiary alicyclic amines) is 1. The van der Waals surface area contributed by atoms with Crippen LogP contribution in [0, 0.1) is 5.92 Å². The van der Waals surface area contributed by atoms with Gasteiger partial charge < -0.3 is 15.0 Å². The molecule has 0 radical (unpaired) electrons. The van der Waals surface area contributed by atoms with Crippen molar-refractivity contribution in [3.8, 4) is 0 Å². The fourth-order valence-electron chi connectivity index (χ4n) is 2.61. The molecular formula is C14H30N2O. The topological polar surface area (TPSA) is 24.5 Å². The molecule has 2 unspecified atom stereocenters. The summed E-state index contributed by atoms with van der Waals surface area (Å²) in [5, 5.41) is 3.70. The molecule has 3 heteroatoms. The minimum Gasteiger partial charge on any atom is -0.384 e. The average Bonchev–Trinajstić information content (AvgIpc) is 2.53. The van der Waals surface area contributed by atoms with Crippen LogP contribution in [0.5, 0.6) is 0 Å². The highest BCUT2D eigenvalue weighted by atomic mass is 16.5. The molecule has 0 aliphatic carbocycles. The number of ether oxygens (including phenoxy) is 1. The van der Waals surface area contributed by atoms with Crippen LogP contribution >= 0.6 is 0 Å². The van der Waals surface area contributed by atoms with E-state index in [1.165, 1.54) is 45.3 Å². The predicted octanol–water partition coefficient (Wildman–Crippen LogP) is 2.12. The Morgan fingerprint density at radius 2 is 2.18 bits per heavy atom. The van der Waals surface area contributed by atoms with Crippen molar-refractivity contribution >= 4 is 0 Å². The second kappa shape index (κ2) is 8.90. The van der Waals surface area contributed by atoms with Crippen LogP contribution in [-0.4, -0.2) is 50.8 Å². The van der Waals surface area contributed by atoms with Crippen LogP contribution < -0.4 is 5.32 Å². The number of methoxy groups -OCH3 is 1. The molecule has 1 aliphatic rings. The lowest BCUT2D eigenvalue weighted by atomic mass is 10.1. The summed E-state index contributed by atoms with van der Waals surface area (Å²) in [7, 11) is 1.78. The van der Waals surface area contributed by atoms with Crippen LogP contribution in [-0.2, 0) is 4.74 Å². The fraction of sp³-hybridized carbons (Fsp3) is 1.00. The smallest absolute Gasteiger partial charge is 0.0499 e. The maximum Gasteiger partial charge on any atom is 0.0499 e. The molecule has 0 aromatic rings. The third-order valence-electron chi connectivity index (χ3n) is 3.57. The Labute approximate surface area is 107 Å². The van der Waals surface area contributed by atoms with Crippen molar-refractivity contribution in [1.29, 1.82) is 0 Å². The third-order valence-corrected chi connectivity index (χ3v) is 3.57. The fourth-order valence-corrected chi connectivity index (χ4v) is 2.61. The molecule has 1 heterocycles. The standard InChI is InChI=1S/C14H30N2O/c1-4-8-16-9-5-6-14(7-10-16)15-11-13(2)12-17-3/h13-15H,4-12H2,1-3H3. The van der Waals surface area contributed by atoms with Gasteiger partial charge in [-0.3, -0.25) is 0 Å². The van der Waals surface area contributed by atoms with Gasteiger partial charge in [-0.05, 0) is 51.2 Å². The Bertz CT molecular complexity index is 187. The second-order valence-electron chi connectivity index (χ2n) is 5.44. The van der Waals surface area contributed by atoms with E-state index in [-0.39, 0.29) is 0 Å². The zero-order chi connectivity index (χ0) is 12.5. The SMILES string of the molecule is CCCN1CCCC(NCC(C)COC)CC1. The van der Waals surface area contributed by atoms with Crippen molar-refractivity contribution in [3.05, 3.63) is 0 Å². The van der Waals surface area contributed by atoms with Gasteiger partial charge in [0, 0.05) is 26.3 Å². The van der Waals surface area contributed by atoms with Gasteiger partial charge in [-0.25, -0.2) is 0 Å². The van der Waals surface area contributed by atoms with E-state index in [4.69, 9.17) is 4.74 Å². The molecule has 1 fully saturated rings. The Balaban J connectivity index is 2.17. The predicted molar refractivity (Wildman–Crippen MR) is 73.4 cm³/mol. The van der Waals surface area contributed by atoms with Gasteiger partial charge in [0.15, 0.2) is 0 Å². The van der Waals surface area contributed by atoms with E-state index in [0.29, 0.717) is 5.92 Å². The number of hydrogen-bond acceptors (Lipinski definition) is 3. The molecule has 1 aliphatic heterocycles. The van der Waals surface area contributed by atoms with E-state index in [1.807, 2.05) is 0 Å². The quantitative estimate of drug-likeness (QED) is 0.740. The summed E-state index contributed by atoms with van der Waals surface area (Å²) in [6, 6.07) is 0.719. The lowest BCUT2D eigenvalue weighted by molar-refractivity contribution is 0.156. The Morgan fingerprint density at radius 1 is 1.35 bits per heavy atom. The highest BCUT2D eigenvalue weighted by Crippen LogP contribution is 2.11. The van der Waals surface area contributed by atoms with Crippen LogP contribution in [0.1, 0.15) is 39.5 Å². The largest absolute Gasteiger partial charge is 0.384 e. The maximum absolute atomic E-state index is 5.17. The summed E-state index contributed by atoms with van der Waals surface area (Å²) in [6.45, 7) is 10.3. The van der Waals surface area contributed by atoms with Gasteiger partial charge in [-0.2, -0.15) is 0 Å². The van der Waals surface area contributed by atoms with Crippen LogP contribution in [0.4, 0.5) is 0 Å². The van der Waals surface area contributed by atoms with Crippen molar-refractivity contribution in [2.24, 2.45) is 5.92 Å². The molecule has 17 heavy (non-hydrogen) atoms. The molecule has 1 N–H and O–H groups in total. The van der Waals surface area contributed by atoms with Gasteiger partial charge in [0.2, 0.25) is 0 Å². The average molecular weight is 242 g/mol. The molecule has 1 rings (SSSR count). The van der Waals surface area contributed by atoms with Gasteiger partial charge in [-0.1, -0.05) is 13.8 Å². The Morgan fingerprint density at radius 3 is 2.88 bits per heavy atom. The molecule has 0 aromatic carbocycles. The van der Waals surface area contributed by atoms with Gasteiger partial charge >= 0.3 is 0 Å². The van der Waals surface area contributed by atoms with Crippen molar-refractivity contribution < 1.29 is 4.74 Å². The van der Waals surface area contributed by atoms with E-state index >= 15 is 0 Å². The Hall–Kier alpha value is -0.120. The first-order chi connectivity index (χ1) is 8.26. The number of nitrogens with zero attached hydrogens (tertiary/aromatic N) is 1. The monoisotopic (exact) mass is 242 g/mol. The molecule has 102 valence electrons. The highest BCUT2D eigenvalue weighted by Gasteiger charge is 2.16. The minimum atomic E-state index is 0.620. The normalized spacial score (nSPS) is 24.5. The molecule has 0 spiro atoms. The van der Waals surface area contributed by atoms with E-state index in [1.54, 1.807) is 7.11 Å². The summed E-state index contributed by atoms with van der Waals surface area (Å²) in [5.74, 6) is 0.620. The van der Waals surface area contributed by atoms with Crippen LogP contribution in [0.3, 0.4) is 0 Å². The van der Waals surface area contributed by atoms with Gasteiger partial charge in [0.05, 0.1) is 0 Å². The van der Waals surface area contributed by atoms with Crippen LogP contribution in [0.15, 0.2) is 0 Å². The first-order valence-corrected chi connectivity index (χ1v) is 7.21. The molecular weight excluding hydrogens is 212 g/mol. The highest BCUT2D eigenvalue weighted by molar-refractivity contribution is 4.75. The summed E-state index contributed by atoms with van der Waals surface area (Å²) in [6.07, 6.45) is 5.26. The summed E-state index contributed by atoms with van der Waals surface area (Å²) < 4.78 is 5.17. The van der Waals surface area contributed by atoms with Crippen molar-refractivity contribution in [1.82, 2.24) is 10.2 Å². The first kappa shape index (κ1) is 14.9. The minimum absolute atomic E-state index is 0.620. The zero-order valence-corrected chi connectivity index (χ0v) is 11.9. The number of nitrogens with one attached hydrogen (secondary N) is 1. The zero-order valence-electron chi connectivity index (χ0n) is 11.9. The first-order valence-electron chi connectivity index (χ1n) is 7.21.